The minimum Gasteiger partial charge on any atom is -0.458 e. The van der Waals surface area contributed by atoms with E-state index in [-0.39, 0.29) is 41.7 Å². The van der Waals surface area contributed by atoms with Crippen LogP contribution in [0.25, 0.3) is 0 Å². The van der Waals surface area contributed by atoms with Crippen molar-refractivity contribution in [2.75, 3.05) is 6.61 Å². The molecule has 10 nitrogen and oxygen atoms in total. The molecular formula is C35H48N2O8. The molecule has 0 aromatic carbocycles. The van der Waals surface area contributed by atoms with E-state index in [2.05, 4.69) is 11.9 Å². The first-order valence-corrected chi connectivity index (χ1v) is 16.9. The monoisotopic (exact) mass is 624 g/mol. The van der Waals surface area contributed by atoms with E-state index in [1.165, 1.54) is 0 Å². The van der Waals surface area contributed by atoms with E-state index in [0.717, 1.165) is 30.4 Å². The maximum absolute atomic E-state index is 12.7. The largest absolute Gasteiger partial charge is 0.458 e. The third-order valence-electron chi connectivity index (χ3n) is 13.0. The second-order valence-corrected chi connectivity index (χ2v) is 15.0. The molecule has 5 fully saturated rings. The van der Waals surface area contributed by atoms with Crippen LogP contribution in [0.5, 0.6) is 0 Å². The zero-order valence-corrected chi connectivity index (χ0v) is 26.4. The number of cyclic esters (lactones) is 1. The second kappa shape index (κ2) is 11.5. The molecule has 12 atom stereocenters. The van der Waals surface area contributed by atoms with Crippen molar-refractivity contribution in [3.63, 3.8) is 0 Å². The molecule has 0 spiro atoms. The number of carbonyl (C=O) groups is 1. The normalized spacial score (nSPS) is 48.0. The molecule has 246 valence electrons. The standard InChI is InChI=1S/C35H48N2O8/c1-21-31(40)28(38)16-30(44-21)45-24-3-10-33(20-37-18-22-7-13-36-14-8-22)26-4-9-32(2)25(23-15-29(39)43-19-23)6-12-35(32,42)27(26)5-11-34(33,41)17-24/h7-8,13-15,20-21,24-28,30-31,38,40-42H,3-6,9-12,16-19H2,1-2H3/t21-,24-,25-,26+,27-,28-,30+,31+,32-,33+,34+,35-/m1/s1. The van der Waals surface area contributed by atoms with Gasteiger partial charge in [0.25, 0.3) is 0 Å². The molecule has 2 aliphatic heterocycles. The summed E-state index contributed by atoms with van der Waals surface area (Å²) in [6.07, 6.45) is 10.2. The number of nitrogens with zero attached hydrogens (tertiary/aromatic N) is 2. The van der Waals surface area contributed by atoms with Crippen molar-refractivity contribution in [3.8, 4) is 0 Å². The summed E-state index contributed by atoms with van der Waals surface area (Å²) in [6, 6.07) is 3.90. The quantitative estimate of drug-likeness (QED) is 0.212. The molecule has 4 aliphatic carbocycles. The number of aliphatic imine (C=N–C) groups is 1. The highest BCUT2D eigenvalue weighted by molar-refractivity contribution is 5.85. The van der Waals surface area contributed by atoms with Crippen LogP contribution in [0.2, 0.25) is 0 Å². The summed E-state index contributed by atoms with van der Waals surface area (Å²) in [5.74, 6) is -0.164. The lowest BCUT2D eigenvalue weighted by Crippen LogP contribution is -2.69. The van der Waals surface area contributed by atoms with Crippen LogP contribution in [-0.2, 0) is 25.5 Å². The van der Waals surface area contributed by atoms with Gasteiger partial charge in [0.05, 0.1) is 36.1 Å². The number of hydrogen-bond donors (Lipinski definition) is 4. The number of carbonyl (C=O) groups excluding carboxylic acids is 1. The van der Waals surface area contributed by atoms with Gasteiger partial charge in [-0.15, -0.1) is 0 Å². The minimum atomic E-state index is -1.09. The van der Waals surface area contributed by atoms with Gasteiger partial charge in [-0.3, -0.25) is 9.98 Å². The molecule has 0 radical (unpaired) electrons. The lowest BCUT2D eigenvalue weighted by atomic mass is 9.41. The number of ether oxygens (including phenoxy) is 3. The molecular weight excluding hydrogens is 576 g/mol. The summed E-state index contributed by atoms with van der Waals surface area (Å²) in [6.45, 7) is 4.73. The Morgan fingerprint density at radius 1 is 1.07 bits per heavy atom. The molecule has 1 saturated heterocycles. The fraction of sp³-hybridized carbons (Fsp3) is 0.743. The SMILES string of the molecule is C[C@H]1O[C@@H](O[C@@H]2CC[C@]3(C=NCc4ccncc4)[C@H]4CC[C@]5(C)[C@@H](C6=CC(=O)OC6)CC[C@@]5(O)[C@@H]4CC[C@]3(O)C2)C[C@@H](O)[C@H]1O. The zero-order chi connectivity index (χ0) is 31.6. The number of aliphatic hydroxyl groups is 4. The van der Waals surface area contributed by atoms with E-state index in [0.29, 0.717) is 51.7 Å². The zero-order valence-electron chi connectivity index (χ0n) is 26.4. The smallest absolute Gasteiger partial charge is 0.331 e. The van der Waals surface area contributed by atoms with E-state index in [1.807, 2.05) is 18.3 Å². The van der Waals surface area contributed by atoms with Crippen molar-refractivity contribution in [1.29, 1.82) is 0 Å². The Balaban J connectivity index is 1.17. The maximum Gasteiger partial charge on any atom is 0.331 e. The van der Waals surface area contributed by atoms with E-state index in [4.69, 9.17) is 19.2 Å². The molecule has 10 heteroatoms. The van der Waals surface area contributed by atoms with Crippen molar-refractivity contribution in [1.82, 2.24) is 4.98 Å². The Bertz CT molecular complexity index is 1330. The minimum absolute atomic E-state index is 0.0100. The summed E-state index contributed by atoms with van der Waals surface area (Å²) in [5, 5.41) is 45.9. The van der Waals surface area contributed by atoms with Gasteiger partial charge in [-0.2, -0.15) is 0 Å². The van der Waals surface area contributed by atoms with E-state index in [1.54, 1.807) is 25.4 Å². The molecule has 4 N–H and O–H groups in total. The first-order valence-electron chi connectivity index (χ1n) is 16.9. The van der Waals surface area contributed by atoms with Crippen molar-refractivity contribution in [3.05, 3.63) is 41.7 Å². The van der Waals surface area contributed by atoms with Crippen molar-refractivity contribution >= 4 is 12.2 Å². The first-order chi connectivity index (χ1) is 21.5. The Hall–Kier alpha value is -2.21. The molecule has 1 aromatic heterocycles. The molecule has 4 saturated carbocycles. The van der Waals surface area contributed by atoms with Crippen LogP contribution >= 0.6 is 0 Å². The van der Waals surface area contributed by atoms with Gasteiger partial charge >= 0.3 is 5.97 Å². The van der Waals surface area contributed by atoms with Crippen molar-refractivity contribution in [2.24, 2.45) is 33.6 Å². The summed E-state index contributed by atoms with van der Waals surface area (Å²) >= 11 is 0. The Morgan fingerprint density at radius 2 is 1.84 bits per heavy atom. The Morgan fingerprint density at radius 3 is 2.58 bits per heavy atom. The number of rotatable bonds is 6. The molecule has 0 amide bonds. The second-order valence-electron chi connectivity index (χ2n) is 15.0. The van der Waals surface area contributed by atoms with E-state index < -0.39 is 41.2 Å². The van der Waals surface area contributed by atoms with Crippen LogP contribution < -0.4 is 0 Å². The fourth-order valence-electron chi connectivity index (χ4n) is 10.6. The first kappa shape index (κ1) is 31.4. The summed E-state index contributed by atoms with van der Waals surface area (Å²) < 4.78 is 17.5. The third-order valence-corrected chi connectivity index (χ3v) is 13.0. The van der Waals surface area contributed by atoms with Crippen LogP contribution in [-0.4, -0.2) is 86.1 Å². The highest BCUT2D eigenvalue weighted by Crippen LogP contribution is 2.70. The molecule has 1 aromatic rings. The number of fused-ring (bicyclic) bond motifs is 5. The Kier molecular flexibility index (Phi) is 8.02. The number of aromatic nitrogens is 1. The van der Waals surface area contributed by atoms with Crippen LogP contribution in [0.1, 0.15) is 83.6 Å². The average Bonchev–Trinajstić information content (AvgIpc) is 3.56. The molecule has 0 bridgehead atoms. The molecule has 45 heavy (non-hydrogen) atoms. The van der Waals surface area contributed by atoms with Gasteiger partial charge in [-0.05, 0) is 99.3 Å². The van der Waals surface area contributed by atoms with Crippen molar-refractivity contribution < 1.29 is 39.4 Å². The molecule has 3 heterocycles. The van der Waals surface area contributed by atoms with Gasteiger partial charge in [0, 0.05) is 48.4 Å². The highest BCUT2D eigenvalue weighted by atomic mass is 16.7. The molecule has 6 aliphatic rings. The van der Waals surface area contributed by atoms with Gasteiger partial charge in [0.2, 0.25) is 0 Å². The lowest BCUT2D eigenvalue weighted by molar-refractivity contribution is -0.282. The average molecular weight is 625 g/mol. The number of esters is 1. The van der Waals surface area contributed by atoms with Gasteiger partial charge < -0.3 is 34.6 Å². The number of aliphatic hydroxyl groups excluding tert-OH is 2. The topological polar surface area (TPSA) is 151 Å². The number of hydrogen-bond acceptors (Lipinski definition) is 10. The third kappa shape index (κ3) is 5.02. The summed E-state index contributed by atoms with van der Waals surface area (Å²) in [4.78, 5) is 21.1. The number of pyridine rings is 1. The van der Waals surface area contributed by atoms with Gasteiger partial charge in [-0.1, -0.05) is 6.92 Å². The van der Waals surface area contributed by atoms with Gasteiger partial charge in [-0.25, -0.2) is 4.79 Å². The lowest BCUT2D eigenvalue weighted by Gasteiger charge is -2.66. The molecule has 7 rings (SSSR count). The molecule has 0 unspecified atom stereocenters. The van der Waals surface area contributed by atoms with E-state index in [9.17, 15) is 25.2 Å². The van der Waals surface area contributed by atoms with E-state index >= 15 is 0 Å². The van der Waals surface area contributed by atoms with Gasteiger partial charge in [0.15, 0.2) is 6.29 Å². The van der Waals surface area contributed by atoms with Crippen LogP contribution in [0.3, 0.4) is 0 Å². The summed E-state index contributed by atoms with van der Waals surface area (Å²) in [5.41, 5.74) is -0.971. The summed E-state index contributed by atoms with van der Waals surface area (Å²) in [7, 11) is 0. The predicted molar refractivity (Wildman–Crippen MR) is 164 cm³/mol. The Labute approximate surface area is 264 Å². The predicted octanol–water partition coefficient (Wildman–Crippen LogP) is 3.25. The highest BCUT2D eigenvalue weighted by Gasteiger charge is 2.71. The van der Waals surface area contributed by atoms with Crippen molar-refractivity contribution in [2.45, 2.75) is 127 Å². The van der Waals surface area contributed by atoms with Crippen LogP contribution in [0, 0.1) is 28.6 Å². The fourth-order valence-corrected chi connectivity index (χ4v) is 10.6. The maximum atomic E-state index is 12.7. The van der Waals surface area contributed by atoms with Crippen LogP contribution in [0.4, 0.5) is 0 Å². The van der Waals surface area contributed by atoms with Crippen LogP contribution in [0.15, 0.2) is 41.2 Å². The van der Waals surface area contributed by atoms with Gasteiger partial charge in [0.1, 0.15) is 12.7 Å².